The van der Waals surface area contributed by atoms with Gasteiger partial charge < -0.3 is 15.4 Å². The van der Waals surface area contributed by atoms with Gasteiger partial charge in [0.1, 0.15) is 5.75 Å². The van der Waals surface area contributed by atoms with Gasteiger partial charge in [-0.05, 0) is 43.5 Å². The predicted octanol–water partition coefficient (Wildman–Crippen LogP) is 1.74. The van der Waals surface area contributed by atoms with Crippen molar-refractivity contribution in [2.45, 2.75) is 19.8 Å². The lowest BCUT2D eigenvalue weighted by atomic mass is 10.2. The van der Waals surface area contributed by atoms with E-state index in [-0.39, 0.29) is 17.7 Å². The van der Waals surface area contributed by atoms with Crippen LogP contribution in [0.4, 0.5) is 0 Å². The smallest absolute Gasteiger partial charge is 0.244 e. The molecule has 2 N–H and O–H groups in total. The van der Waals surface area contributed by atoms with Gasteiger partial charge in [-0.25, -0.2) is 0 Å². The maximum atomic E-state index is 11.6. The van der Waals surface area contributed by atoms with E-state index in [0.717, 1.165) is 24.2 Å². The predicted molar refractivity (Wildman–Crippen MR) is 85.4 cm³/mol. The Morgan fingerprint density at radius 3 is 2.50 bits per heavy atom. The normalized spacial score (nSPS) is 13.9. The summed E-state index contributed by atoms with van der Waals surface area (Å²) in [7, 11) is 0. The zero-order chi connectivity index (χ0) is 15.8. The van der Waals surface area contributed by atoms with Crippen LogP contribution in [-0.2, 0) is 9.59 Å². The van der Waals surface area contributed by atoms with E-state index in [4.69, 9.17) is 4.74 Å². The van der Waals surface area contributed by atoms with Gasteiger partial charge in [-0.2, -0.15) is 0 Å². The molecule has 0 saturated heterocycles. The molecule has 5 nitrogen and oxygen atoms in total. The summed E-state index contributed by atoms with van der Waals surface area (Å²) in [5.41, 5.74) is 0.931. The fourth-order valence-corrected chi connectivity index (χ4v) is 1.93. The second kappa shape index (κ2) is 8.22. The fourth-order valence-electron chi connectivity index (χ4n) is 1.93. The molecule has 0 radical (unpaired) electrons. The lowest BCUT2D eigenvalue weighted by molar-refractivity contribution is -0.122. The first-order chi connectivity index (χ1) is 10.7. The largest absolute Gasteiger partial charge is 0.494 e. The van der Waals surface area contributed by atoms with E-state index in [0.29, 0.717) is 19.7 Å². The summed E-state index contributed by atoms with van der Waals surface area (Å²) >= 11 is 0. The number of ether oxygens (including phenoxy) is 1. The van der Waals surface area contributed by atoms with Gasteiger partial charge >= 0.3 is 0 Å². The van der Waals surface area contributed by atoms with E-state index < -0.39 is 0 Å². The maximum Gasteiger partial charge on any atom is 0.244 e. The average Bonchev–Trinajstić information content (AvgIpc) is 3.36. The van der Waals surface area contributed by atoms with E-state index in [1.165, 1.54) is 6.08 Å². The maximum absolute atomic E-state index is 11.6. The lowest BCUT2D eigenvalue weighted by Crippen LogP contribution is -2.34. The highest BCUT2D eigenvalue weighted by atomic mass is 16.5. The van der Waals surface area contributed by atoms with Gasteiger partial charge in [0.25, 0.3) is 0 Å². The summed E-state index contributed by atoms with van der Waals surface area (Å²) in [5, 5.41) is 5.53. The Kier molecular flexibility index (Phi) is 6.01. The Hall–Kier alpha value is -2.30. The number of nitrogens with one attached hydrogen (secondary N) is 2. The number of benzene rings is 1. The Balaban J connectivity index is 1.65. The molecule has 22 heavy (non-hydrogen) atoms. The summed E-state index contributed by atoms with van der Waals surface area (Å²) in [6.45, 7) is 3.48. The molecular formula is C17H22N2O3. The molecule has 2 rings (SSSR count). The zero-order valence-corrected chi connectivity index (χ0v) is 12.8. The Morgan fingerprint density at radius 1 is 1.18 bits per heavy atom. The van der Waals surface area contributed by atoms with Crippen molar-refractivity contribution in [1.29, 1.82) is 0 Å². The highest BCUT2D eigenvalue weighted by molar-refractivity contribution is 5.91. The van der Waals surface area contributed by atoms with E-state index >= 15 is 0 Å². The number of hydrogen-bond donors (Lipinski definition) is 2. The van der Waals surface area contributed by atoms with Gasteiger partial charge in [0.05, 0.1) is 6.61 Å². The SMILES string of the molecule is CCOc1ccc(/C=C/C(=O)NCCNC(=O)C2CC2)cc1. The second-order valence-electron chi connectivity index (χ2n) is 5.19. The molecule has 1 aromatic carbocycles. The van der Waals surface area contributed by atoms with Crippen LogP contribution in [0.2, 0.25) is 0 Å². The van der Waals surface area contributed by atoms with Crippen LogP contribution in [0.3, 0.4) is 0 Å². The highest BCUT2D eigenvalue weighted by Gasteiger charge is 2.28. The molecule has 0 atom stereocenters. The zero-order valence-electron chi connectivity index (χ0n) is 12.8. The third-order valence-electron chi connectivity index (χ3n) is 3.29. The molecule has 118 valence electrons. The Labute approximate surface area is 130 Å². The minimum atomic E-state index is -0.172. The summed E-state index contributed by atoms with van der Waals surface area (Å²) in [4.78, 5) is 23.0. The molecule has 0 aromatic heterocycles. The van der Waals surface area contributed by atoms with Crippen molar-refractivity contribution in [2.24, 2.45) is 5.92 Å². The van der Waals surface area contributed by atoms with E-state index in [1.54, 1.807) is 6.08 Å². The van der Waals surface area contributed by atoms with Crippen LogP contribution in [0.25, 0.3) is 6.08 Å². The molecule has 1 aromatic rings. The van der Waals surface area contributed by atoms with Crippen molar-refractivity contribution in [3.63, 3.8) is 0 Å². The fraction of sp³-hybridized carbons (Fsp3) is 0.412. The van der Waals surface area contributed by atoms with Crippen LogP contribution in [0.15, 0.2) is 30.3 Å². The van der Waals surface area contributed by atoms with E-state index in [9.17, 15) is 9.59 Å². The first kappa shape index (κ1) is 16.1. The van der Waals surface area contributed by atoms with Gasteiger partial charge in [-0.3, -0.25) is 9.59 Å². The third kappa shape index (κ3) is 5.60. The van der Waals surface area contributed by atoms with Crippen molar-refractivity contribution in [3.8, 4) is 5.75 Å². The average molecular weight is 302 g/mol. The van der Waals surface area contributed by atoms with E-state index in [2.05, 4.69) is 10.6 Å². The summed E-state index contributed by atoms with van der Waals surface area (Å²) < 4.78 is 5.35. The molecule has 1 aliphatic carbocycles. The topological polar surface area (TPSA) is 67.4 Å². The third-order valence-corrected chi connectivity index (χ3v) is 3.29. The molecule has 5 heteroatoms. The molecule has 0 heterocycles. The van der Waals surface area contributed by atoms with Crippen molar-refractivity contribution in [1.82, 2.24) is 10.6 Å². The number of amides is 2. The molecule has 1 fully saturated rings. The first-order valence-corrected chi connectivity index (χ1v) is 7.65. The van der Waals surface area contributed by atoms with Gasteiger partial charge in [-0.1, -0.05) is 12.1 Å². The van der Waals surface area contributed by atoms with Crippen LogP contribution in [-0.4, -0.2) is 31.5 Å². The number of rotatable bonds is 8. The van der Waals surface area contributed by atoms with Crippen LogP contribution in [0, 0.1) is 5.92 Å². The summed E-state index contributed by atoms with van der Waals surface area (Å²) in [6.07, 6.45) is 5.21. The number of carbonyl (C=O) groups excluding carboxylic acids is 2. The van der Waals surface area contributed by atoms with Crippen molar-refractivity contribution < 1.29 is 14.3 Å². The molecule has 0 bridgehead atoms. The van der Waals surface area contributed by atoms with Crippen LogP contribution in [0.5, 0.6) is 5.75 Å². The minimum Gasteiger partial charge on any atom is -0.494 e. The number of carbonyl (C=O) groups is 2. The highest BCUT2D eigenvalue weighted by Crippen LogP contribution is 2.28. The number of hydrogen-bond acceptors (Lipinski definition) is 3. The second-order valence-corrected chi connectivity index (χ2v) is 5.19. The van der Waals surface area contributed by atoms with Gasteiger partial charge in [0.2, 0.25) is 11.8 Å². The van der Waals surface area contributed by atoms with Crippen LogP contribution < -0.4 is 15.4 Å². The summed E-state index contributed by atoms with van der Waals surface area (Å²) in [6, 6.07) is 7.53. The van der Waals surface area contributed by atoms with Crippen molar-refractivity contribution >= 4 is 17.9 Å². The van der Waals surface area contributed by atoms with E-state index in [1.807, 2.05) is 31.2 Å². The standard InChI is InChI=1S/C17H22N2O3/c1-2-22-15-8-3-13(4-9-15)5-10-16(20)18-11-12-19-17(21)14-6-7-14/h3-5,8-10,14H,2,6-7,11-12H2,1H3,(H,18,20)(H,19,21)/b10-5+. The quantitative estimate of drug-likeness (QED) is 0.568. The molecule has 1 aliphatic rings. The van der Waals surface area contributed by atoms with Gasteiger partial charge in [0, 0.05) is 25.1 Å². The lowest BCUT2D eigenvalue weighted by Gasteiger charge is -2.04. The van der Waals surface area contributed by atoms with Gasteiger partial charge in [-0.15, -0.1) is 0 Å². The molecule has 1 saturated carbocycles. The Morgan fingerprint density at radius 2 is 1.86 bits per heavy atom. The van der Waals surface area contributed by atoms with Crippen molar-refractivity contribution in [3.05, 3.63) is 35.9 Å². The summed E-state index contributed by atoms with van der Waals surface area (Å²) in [5.74, 6) is 0.944. The molecule has 0 unspecified atom stereocenters. The minimum absolute atomic E-state index is 0.0965. The molecule has 2 amide bonds. The monoisotopic (exact) mass is 302 g/mol. The Bertz CT molecular complexity index is 533. The molecule has 0 spiro atoms. The van der Waals surface area contributed by atoms with Crippen LogP contribution >= 0.6 is 0 Å². The van der Waals surface area contributed by atoms with Crippen LogP contribution in [0.1, 0.15) is 25.3 Å². The molecular weight excluding hydrogens is 280 g/mol. The van der Waals surface area contributed by atoms with Crippen molar-refractivity contribution in [2.75, 3.05) is 19.7 Å². The molecule has 0 aliphatic heterocycles. The van der Waals surface area contributed by atoms with Gasteiger partial charge in [0.15, 0.2) is 0 Å². The first-order valence-electron chi connectivity index (χ1n) is 7.65.